The predicted octanol–water partition coefficient (Wildman–Crippen LogP) is 4.41. The summed E-state index contributed by atoms with van der Waals surface area (Å²) in [5, 5.41) is 4.94. The van der Waals surface area contributed by atoms with Gasteiger partial charge in [0.05, 0.1) is 5.33 Å². The summed E-state index contributed by atoms with van der Waals surface area (Å²) in [6.07, 6.45) is 0.718. The molecule has 0 radical (unpaired) electrons. The van der Waals surface area contributed by atoms with Gasteiger partial charge in [0, 0.05) is 5.75 Å². The minimum absolute atomic E-state index is 0.00763. The fourth-order valence-corrected chi connectivity index (χ4v) is 6.15. The van der Waals surface area contributed by atoms with Crippen LogP contribution in [0.25, 0.3) is 0 Å². The number of fused-ring (bicyclic) bond motifs is 1. The average Bonchev–Trinajstić information content (AvgIpc) is 3.06. The fraction of sp³-hybridized carbons (Fsp3) is 0.267. The number of ketones is 1. The average molecular weight is 774 g/mol. The molecule has 2 heterocycles. The lowest BCUT2D eigenvalue weighted by atomic mass is 10.0. The van der Waals surface area contributed by atoms with Gasteiger partial charge < -0.3 is 19.6 Å². The SMILES string of the molecule is C=CC1=C(C(=O)OC(c2ccccc2)c2ccccc2)N2C(=O)C(NC(=O)C(=NOCC(=O)OCC(Cl)(Cl)Cl)C(=O)CBr)[C@@H]2SC1. The Labute approximate surface area is 291 Å². The first kappa shape index (κ1) is 35.5. The molecule has 0 saturated carbocycles. The summed E-state index contributed by atoms with van der Waals surface area (Å²) in [7, 11) is 0. The van der Waals surface area contributed by atoms with Gasteiger partial charge in [-0.1, -0.05) is 129 Å². The van der Waals surface area contributed by atoms with Gasteiger partial charge >= 0.3 is 11.9 Å². The third-order valence-electron chi connectivity index (χ3n) is 6.49. The molecule has 2 amide bonds. The van der Waals surface area contributed by atoms with Crippen molar-refractivity contribution in [3.63, 3.8) is 0 Å². The number of Topliss-reactive ketones (excluding diaryl/α,β-unsaturated/α-hetero) is 1. The topological polar surface area (TPSA) is 141 Å². The first-order valence-electron chi connectivity index (χ1n) is 13.4. The predicted molar refractivity (Wildman–Crippen MR) is 177 cm³/mol. The van der Waals surface area contributed by atoms with E-state index in [-0.39, 0.29) is 16.8 Å². The molecule has 1 fully saturated rings. The maximum absolute atomic E-state index is 13.7. The number of nitrogens with zero attached hydrogens (tertiary/aromatic N) is 2. The smallest absolute Gasteiger partial charge is 0.356 e. The monoisotopic (exact) mass is 771 g/mol. The normalized spacial score (nSPS) is 17.9. The number of benzene rings is 2. The largest absolute Gasteiger partial charge is 0.459 e. The summed E-state index contributed by atoms with van der Waals surface area (Å²) in [4.78, 5) is 70.5. The number of amides is 2. The van der Waals surface area contributed by atoms with Crippen molar-refractivity contribution in [1.29, 1.82) is 0 Å². The van der Waals surface area contributed by atoms with Crippen LogP contribution in [0.5, 0.6) is 0 Å². The van der Waals surface area contributed by atoms with Crippen molar-refractivity contribution >= 4 is 97.7 Å². The molecule has 0 aliphatic carbocycles. The summed E-state index contributed by atoms with van der Waals surface area (Å²) in [6.45, 7) is 2.44. The molecule has 242 valence electrons. The van der Waals surface area contributed by atoms with Crippen LogP contribution in [0.1, 0.15) is 17.2 Å². The second-order valence-corrected chi connectivity index (χ2v) is 13.8. The molecule has 46 heavy (non-hydrogen) atoms. The first-order valence-corrected chi connectivity index (χ1v) is 16.7. The summed E-state index contributed by atoms with van der Waals surface area (Å²) < 4.78 is 8.86. The molecule has 1 saturated heterocycles. The van der Waals surface area contributed by atoms with Crippen LogP contribution in [0.15, 0.2) is 89.7 Å². The third-order valence-corrected chi connectivity index (χ3v) is 8.63. The van der Waals surface area contributed by atoms with Crippen LogP contribution in [0.2, 0.25) is 0 Å². The van der Waals surface area contributed by atoms with E-state index in [4.69, 9.17) is 49.1 Å². The number of thioether (sulfide) groups is 1. The fourth-order valence-electron chi connectivity index (χ4n) is 4.38. The molecule has 2 aromatic carbocycles. The first-order chi connectivity index (χ1) is 21.9. The highest BCUT2D eigenvalue weighted by Crippen LogP contribution is 2.42. The Morgan fingerprint density at radius 3 is 2.24 bits per heavy atom. The molecule has 1 unspecified atom stereocenters. The molecule has 16 heteroatoms. The second kappa shape index (κ2) is 16.0. The number of esters is 2. The molecule has 2 aromatic rings. The van der Waals surface area contributed by atoms with Crippen LogP contribution in [-0.4, -0.2) is 79.7 Å². The lowest BCUT2D eigenvalue weighted by Crippen LogP contribution is -2.71. The van der Waals surface area contributed by atoms with E-state index in [0.717, 1.165) is 11.1 Å². The minimum atomic E-state index is -1.85. The van der Waals surface area contributed by atoms with Crippen LogP contribution < -0.4 is 5.32 Å². The molecule has 2 aliphatic heterocycles. The standard InChI is InChI=1S/C30H25BrCl3N3O8S/c1-2-17-15-46-28-23(35-26(40)22(20(38)13-31)36-44-14-21(39)43-16-30(32,33)34)27(41)37(28)24(17)29(42)45-25(18-9-5-3-6-10-18)19-11-7-4-8-12-19/h2-12,23,25,28H,1,13-16H2,(H,35,40)/t23?,28-/m0/s1. The number of hydrogen-bond donors (Lipinski definition) is 1. The van der Waals surface area contributed by atoms with Crippen LogP contribution in [0, 0.1) is 0 Å². The number of allylic oxidation sites excluding steroid dienone is 1. The molecule has 2 atom stereocenters. The molecule has 0 aromatic heterocycles. The number of nitrogens with one attached hydrogen (secondary N) is 1. The number of carbonyl (C=O) groups is 5. The lowest BCUT2D eigenvalue weighted by molar-refractivity contribution is -0.154. The minimum Gasteiger partial charge on any atom is -0.459 e. The Hall–Kier alpha value is -3.36. The highest BCUT2D eigenvalue weighted by atomic mass is 79.9. The van der Waals surface area contributed by atoms with Gasteiger partial charge in [-0.2, -0.15) is 0 Å². The number of hydrogen-bond acceptors (Lipinski definition) is 10. The van der Waals surface area contributed by atoms with Crippen molar-refractivity contribution < 1.29 is 38.3 Å². The summed E-state index contributed by atoms with van der Waals surface area (Å²) in [5.41, 5.74) is 1.24. The maximum atomic E-state index is 13.7. The Bertz CT molecular complexity index is 1530. The van der Waals surface area contributed by atoms with E-state index in [1.165, 1.54) is 22.7 Å². The van der Waals surface area contributed by atoms with E-state index in [1.807, 2.05) is 60.7 Å². The zero-order valence-electron chi connectivity index (χ0n) is 23.7. The third kappa shape index (κ3) is 8.71. The van der Waals surface area contributed by atoms with Crippen molar-refractivity contribution in [2.75, 3.05) is 24.3 Å². The van der Waals surface area contributed by atoms with Crippen molar-refractivity contribution in [1.82, 2.24) is 10.2 Å². The maximum Gasteiger partial charge on any atom is 0.356 e. The zero-order chi connectivity index (χ0) is 33.4. The van der Waals surface area contributed by atoms with Gasteiger partial charge in [0.15, 0.2) is 6.10 Å². The summed E-state index contributed by atoms with van der Waals surface area (Å²) in [6, 6.07) is 17.2. The van der Waals surface area contributed by atoms with E-state index in [9.17, 15) is 24.0 Å². The van der Waals surface area contributed by atoms with Gasteiger partial charge in [-0.15, -0.1) is 11.8 Å². The second-order valence-electron chi connectivity index (χ2n) is 9.59. The van der Waals surface area contributed by atoms with Crippen LogP contribution >= 0.6 is 62.5 Å². The van der Waals surface area contributed by atoms with Crippen molar-refractivity contribution in [2.24, 2.45) is 5.16 Å². The number of rotatable bonds is 13. The van der Waals surface area contributed by atoms with Crippen molar-refractivity contribution in [3.05, 3.63) is 95.7 Å². The Morgan fingerprint density at radius 2 is 1.70 bits per heavy atom. The molecule has 0 bridgehead atoms. The van der Waals surface area contributed by atoms with Crippen LogP contribution in [0.3, 0.4) is 0 Å². The molecule has 1 N–H and O–H groups in total. The highest BCUT2D eigenvalue weighted by molar-refractivity contribution is 9.09. The van der Waals surface area contributed by atoms with E-state index >= 15 is 0 Å². The number of β-lactam (4-membered cyclic amide) rings is 1. The van der Waals surface area contributed by atoms with Crippen LogP contribution in [0.4, 0.5) is 0 Å². The van der Waals surface area contributed by atoms with Gasteiger partial charge in [-0.3, -0.25) is 19.3 Å². The van der Waals surface area contributed by atoms with Crippen molar-refractivity contribution in [2.45, 2.75) is 21.3 Å². The van der Waals surface area contributed by atoms with Gasteiger partial charge in [0.25, 0.3) is 11.8 Å². The highest BCUT2D eigenvalue weighted by Gasteiger charge is 2.54. The van der Waals surface area contributed by atoms with Gasteiger partial charge in [0.1, 0.15) is 23.7 Å². The summed E-state index contributed by atoms with van der Waals surface area (Å²) in [5.74, 6) is -3.88. The molecule has 4 rings (SSSR count). The molecular formula is C30H25BrCl3N3O8S. The summed E-state index contributed by atoms with van der Waals surface area (Å²) >= 11 is 20.8. The van der Waals surface area contributed by atoms with E-state index in [1.54, 1.807) is 0 Å². The van der Waals surface area contributed by atoms with E-state index in [0.29, 0.717) is 5.57 Å². The van der Waals surface area contributed by atoms with E-state index < -0.39 is 69.8 Å². The zero-order valence-corrected chi connectivity index (χ0v) is 28.4. The number of carbonyl (C=O) groups excluding carboxylic acids is 5. The lowest BCUT2D eigenvalue weighted by Gasteiger charge is -2.49. The number of halogens is 4. The molecule has 11 nitrogen and oxygen atoms in total. The van der Waals surface area contributed by atoms with Gasteiger partial charge in [-0.05, 0) is 16.7 Å². The van der Waals surface area contributed by atoms with E-state index in [2.05, 4.69) is 33.0 Å². The molecular weight excluding hydrogens is 749 g/mol. The molecule has 2 aliphatic rings. The molecule has 0 spiro atoms. The Balaban J connectivity index is 1.48. The quantitative estimate of drug-likeness (QED) is 0.0784. The van der Waals surface area contributed by atoms with Gasteiger partial charge in [0.2, 0.25) is 21.9 Å². The van der Waals surface area contributed by atoms with Crippen molar-refractivity contribution in [3.8, 4) is 0 Å². The van der Waals surface area contributed by atoms with Gasteiger partial charge in [-0.25, -0.2) is 9.59 Å². The Morgan fingerprint density at radius 1 is 1.09 bits per heavy atom. The van der Waals surface area contributed by atoms with Crippen LogP contribution in [-0.2, 0) is 38.3 Å². The number of alkyl halides is 4. The number of ether oxygens (including phenoxy) is 2. The Kier molecular flexibility index (Phi) is 12.3. The number of oxime groups is 1.